The van der Waals surface area contributed by atoms with E-state index in [-0.39, 0.29) is 24.0 Å². The summed E-state index contributed by atoms with van der Waals surface area (Å²) in [7, 11) is 0. The molecule has 6 nitrogen and oxygen atoms in total. The third-order valence-electron chi connectivity index (χ3n) is 3.75. The molecule has 2 fully saturated rings. The Kier molecular flexibility index (Phi) is 4.42. The Labute approximate surface area is 113 Å². The van der Waals surface area contributed by atoms with Gasteiger partial charge in [-0.2, -0.15) is 0 Å². The van der Waals surface area contributed by atoms with Crippen molar-refractivity contribution in [1.82, 2.24) is 9.80 Å². The number of hydrogen-bond donors (Lipinski definition) is 1. The maximum Gasteiger partial charge on any atom is 0.307 e. The number of carbonyl (C=O) groups excluding carboxylic acids is 1. The molecule has 2 saturated heterocycles. The summed E-state index contributed by atoms with van der Waals surface area (Å²) in [5, 5.41) is 8.94. The molecule has 2 heterocycles. The smallest absolute Gasteiger partial charge is 0.307 e. The fourth-order valence-corrected chi connectivity index (χ4v) is 2.85. The summed E-state index contributed by atoms with van der Waals surface area (Å²) >= 11 is 0. The summed E-state index contributed by atoms with van der Waals surface area (Å²) in [5.74, 6) is -1.01. The van der Waals surface area contributed by atoms with E-state index in [1.54, 1.807) is 0 Å². The quantitative estimate of drug-likeness (QED) is 0.783. The van der Waals surface area contributed by atoms with Crippen molar-refractivity contribution in [2.75, 3.05) is 32.7 Å². The zero-order valence-corrected chi connectivity index (χ0v) is 11.5. The van der Waals surface area contributed by atoms with Crippen molar-refractivity contribution in [3.8, 4) is 0 Å². The molecule has 2 rings (SSSR count). The second-order valence-corrected chi connectivity index (χ2v) is 5.61. The van der Waals surface area contributed by atoms with Crippen LogP contribution in [-0.4, -0.2) is 71.7 Å². The van der Waals surface area contributed by atoms with E-state index in [1.165, 1.54) is 0 Å². The number of carbonyl (C=O) groups is 2. The first-order valence-corrected chi connectivity index (χ1v) is 6.84. The van der Waals surface area contributed by atoms with E-state index in [0.29, 0.717) is 39.1 Å². The Bertz CT molecular complexity index is 351. The molecule has 0 spiro atoms. The molecule has 3 atom stereocenters. The van der Waals surface area contributed by atoms with Gasteiger partial charge in [-0.25, -0.2) is 0 Å². The minimum Gasteiger partial charge on any atom is -0.481 e. The predicted molar refractivity (Wildman–Crippen MR) is 68.8 cm³/mol. The lowest BCUT2D eigenvalue weighted by atomic mass is 10.1. The second kappa shape index (κ2) is 5.88. The predicted octanol–water partition coefficient (Wildman–Crippen LogP) is 0.0287. The van der Waals surface area contributed by atoms with Crippen LogP contribution in [0.15, 0.2) is 0 Å². The maximum absolute atomic E-state index is 12.2. The van der Waals surface area contributed by atoms with Crippen LogP contribution in [0.4, 0.5) is 0 Å². The molecule has 0 aromatic rings. The minimum absolute atomic E-state index is 0.0676. The van der Waals surface area contributed by atoms with Crippen LogP contribution in [0.1, 0.15) is 20.3 Å². The SMILES string of the molecule is CC1CN(C(=O)CN2CCC(C(=O)O)C2)CC(C)O1. The number of likely N-dealkylation sites (tertiary alicyclic amines) is 1. The molecule has 0 aromatic heterocycles. The van der Waals surface area contributed by atoms with E-state index in [4.69, 9.17) is 9.84 Å². The monoisotopic (exact) mass is 270 g/mol. The lowest BCUT2D eigenvalue weighted by molar-refractivity contribution is -0.145. The van der Waals surface area contributed by atoms with Crippen LogP contribution in [0.5, 0.6) is 0 Å². The summed E-state index contributed by atoms with van der Waals surface area (Å²) in [4.78, 5) is 26.8. The largest absolute Gasteiger partial charge is 0.481 e. The summed E-state index contributed by atoms with van der Waals surface area (Å²) in [6.07, 6.45) is 0.773. The Balaban J connectivity index is 1.83. The van der Waals surface area contributed by atoms with Gasteiger partial charge < -0.3 is 14.7 Å². The normalized spacial score (nSPS) is 32.5. The Hall–Kier alpha value is -1.14. The van der Waals surface area contributed by atoms with Gasteiger partial charge in [0.25, 0.3) is 0 Å². The maximum atomic E-state index is 12.2. The topological polar surface area (TPSA) is 70.1 Å². The minimum atomic E-state index is -0.761. The average Bonchev–Trinajstić information content (AvgIpc) is 2.76. The van der Waals surface area contributed by atoms with Crippen LogP contribution in [0, 0.1) is 5.92 Å². The zero-order valence-electron chi connectivity index (χ0n) is 11.5. The van der Waals surface area contributed by atoms with Gasteiger partial charge in [-0.3, -0.25) is 14.5 Å². The number of aliphatic carboxylic acids is 1. The highest BCUT2D eigenvalue weighted by atomic mass is 16.5. The summed E-state index contributed by atoms with van der Waals surface area (Å²) in [6, 6.07) is 0. The molecule has 6 heteroatoms. The van der Waals surface area contributed by atoms with Gasteiger partial charge in [0.2, 0.25) is 5.91 Å². The number of amides is 1. The van der Waals surface area contributed by atoms with Crippen LogP contribution in [0.25, 0.3) is 0 Å². The number of morpholine rings is 1. The summed E-state index contributed by atoms with van der Waals surface area (Å²) in [5.41, 5.74) is 0. The highest BCUT2D eigenvalue weighted by molar-refractivity contribution is 5.78. The highest BCUT2D eigenvalue weighted by Gasteiger charge is 2.31. The highest BCUT2D eigenvalue weighted by Crippen LogP contribution is 2.17. The van der Waals surface area contributed by atoms with Gasteiger partial charge in [0.05, 0.1) is 24.7 Å². The molecule has 0 aromatic carbocycles. The molecular weight excluding hydrogens is 248 g/mol. The summed E-state index contributed by atoms with van der Waals surface area (Å²) < 4.78 is 5.60. The van der Waals surface area contributed by atoms with Gasteiger partial charge in [0.15, 0.2) is 0 Å². The van der Waals surface area contributed by atoms with Crippen LogP contribution in [0.2, 0.25) is 0 Å². The molecule has 0 radical (unpaired) electrons. The Morgan fingerprint density at radius 1 is 1.21 bits per heavy atom. The molecule has 3 unspecified atom stereocenters. The standard InChI is InChI=1S/C13H22N2O4/c1-9-5-15(6-10(2)19-9)12(16)8-14-4-3-11(7-14)13(17)18/h9-11H,3-8H2,1-2H3,(H,17,18). The molecule has 1 N–H and O–H groups in total. The van der Waals surface area contributed by atoms with Crippen LogP contribution < -0.4 is 0 Å². The van der Waals surface area contributed by atoms with Gasteiger partial charge in [-0.1, -0.05) is 0 Å². The van der Waals surface area contributed by atoms with Gasteiger partial charge in [0, 0.05) is 19.6 Å². The molecular formula is C13H22N2O4. The lowest BCUT2D eigenvalue weighted by Gasteiger charge is -2.36. The number of hydrogen-bond acceptors (Lipinski definition) is 4. The third-order valence-corrected chi connectivity index (χ3v) is 3.75. The van der Waals surface area contributed by atoms with E-state index >= 15 is 0 Å². The van der Waals surface area contributed by atoms with Gasteiger partial charge in [-0.15, -0.1) is 0 Å². The van der Waals surface area contributed by atoms with Crippen LogP contribution in [-0.2, 0) is 14.3 Å². The van der Waals surface area contributed by atoms with Crippen molar-refractivity contribution >= 4 is 11.9 Å². The van der Waals surface area contributed by atoms with Crippen molar-refractivity contribution in [1.29, 1.82) is 0 Å². The average molecular weight is 270 g/mol. The van der Waals surface area contributed by atoms with Crippen molar-refractivity contribution in [3.63, 3.8) is 0 Å². The number of carboxylic acids is 1. The Morgan fingerprint density at radius 3 is 2.37 bits per heavy atom. The van der Waals surface area contributed by atoms with E-state index in [0.717, 1.165) is 0 Å². The Morgan fingerprint density at radius 2 is 1.84 bits per heavy atom. The molecule has 0 saturated carbocycles. The first kappa shape index (κ1) is 14.3. The fourth-order valence-electron chi connectivity index (χ4n) is 2.85. The van der Waals surface area contributed by atoms with E-state index in [2.05, 4.69) is 0 Å². The molecule has 1 amide bonds. The number of nitrogens with zero attached hydrogens (tertiary/aromatic N) is 2. The first-order valence-electron chi connectivity index (χ1n) is 6.84. The van der Waals surface area contributed by atoms with Crippen molar-refractivity contribution < 1.29 is 19.4 Å². The van der Waals surface area contributed by atoms with Crippen molar-refractivity contribution in [2.45, 2.75) is 32.5 Å². The van der Waals surface area contributed by atoms with Crippen molar-refractivity contribution in [3.05, 3.63) is 0 Å². The lowest BCUT2D eigenvalue weighted by Crippen LogP contribution is -2.50. The number of rotatable bonds is 3. The van der Waals surface area contributed by atoms with E-state index in [1.807, 2.05) is 23.6 Å². The van der Waals surface area contributed by atoms with Gasteiger partial charge in [-0.05, 0) is 26.8 Å². The zero-order chi connectivity index (χ0) is 14.0. The molecule has 0 aliphatic carbocycles. The fraction of sp³-hybridized carbons (Fsp3) is 0.846. The second-order valence-electron chi connectivity index (χ2n) is 5.61. The van der Waals surface area contributed by atoms with Crippen molar-refractivity contribution in [2.24, 2.45) is 5.92 Å². The first-order chi connectivity index (χ1) is 8.95. The number of ether oxygens (including phenoxy) is 1. The molecule has 2 aliphatic rings. The molecule has 108 valence electrons. The third kappa shape index (κ3) is 3.67. The molecule has 0 bridgehead atoms. The van der Waals surface area contributed by atoms with Crippen LogP contribution >= 0.6 is 0 Å². The number of carboxylic acid groups (broad SMARTS) is 1. The van der Waals surface area contributed by atoms with E-state index in [9.17, 15) is 9.59 Å². The molecule has 2 aliphatic heterocycles. The van der Waals surface area contributed by atoms with Gasteiger partial charge in [0.1, 0.15) is 0 Å². The summed E-state index contributed by atoms with van der Waals surface area (Å²) in [6.45, 7) is 6.68. The van der Waals surface area contributed by atoms with Gasteiger partial charge >= 0.3 is 5.97 Å². The molecule has 19 heavy (non-hydrogen) atoms. The van der Waals surface area contributed by atoms with E-state index < -0.39 is 5.97 Å². The van der Waals surface area contributed by atoms with Crippen LogP contribution in [0.3, 0.4) is 0 Å².